The van der Waals surface area contributed by atoms with E-state index in [0.717, 1.165) is 27.6 Å². The molecule has 0 saturated carbocycles. The van der Waals surface area contributed by atoms with Gasteiger partial charge in [-0.1, -0.05) is 127 Å². The summed E-state index contributed by atoms with van der Waals surface area (Å²) < 4.78 is 4.62. The van der Waals surface area contributed by atoms with E-state index < -0.39 is 0 Å². The standard InChI is InChI=1S/C48H30N4/c1-2-11-31(12-3-1)33-14-10-15-37(27-33)51-43-19-8-5-16-38(43)39-25-23-35(29-46(39)51)34-22-21-32-24-26-45-47(41(32)28-34)40-17-6-9-20-44(40)52(45)48-49-30-36-13-4-7-18-42(36)50-48/h1-30H. The first-order valence-electron chi connectivity index (χ1n) is 17.7. The number of hydrogen-bond donors (Lipinski definition) is 0. The van der Waals surface area contributed by atoms with E-state index in [2.05, 4.69) is 167 Å². The van der Waals surface area contributed by atoms with Crippen molar-refractivity contribution in [1.29, 1.82) is 0 Å². The van der Waals surface area contributed by atoms with Crippen molar-refractivity contribution in [2.45, 2.75) is 0 Å². The summed E-state index contributed by atoms with van der Waals surface area (Å²) in [6.07, 6.45) is 1.92. The molecule has 0 radical (unpaired) electrons. The molecule has 11 aromatic rings. The average molecular weight is 663 g/mol. The number of fused-ring (bicyclic) bond motifs is 9. The van der Waals surface area contributed by atoms with Crippen molar-refractivity contribution in [2.24, 2.45) is 0 Å². The maximum absolute atomic E-state index is 5.02. The number of aromatic nitrogens is 4. The minimum Gasteiger partial charge on any atom is -0.309 e. The Morgan fingerprint density at radius 3 is 1.94 bits per heavy atom. The first-order chi connectivity index (χ1) is 25.8. The third-order valence-electron chi connectivity index (χ3n) is 10.5. The average Bonchev–Trinajstić information content (AvgIpc) is 3.74. The summed E-state index contributed by atoms with van der Waals surface area (Å²) in [5.41, 5.74) is 11.4. The summed E-state index contributed by atoms with van der Waals surface area (Å²) in [5.74, 6) is 0.676. The van der Waals surface area contributed by atoms with Gasteiger partial charge in [-0.05, 0) is 81.6 Å². The minimum absolute atomic E-state index is 0.676. The van der Waals surface area contributed by atoms with Crippen molar-refractivity contribution in [3.63, 3.8) is 0 Å². The second kappa shape index (κ2) is 11.2. The summed E-state index contributed by atoms with van der Waals surface area (Å²) in [6.45, 7) is 0. The zero-order valence-electron chi connectivity index (χ0n) is 28.1. The van der Waals surface area contributed by atoms with Crippen LogP contribution < -0.4 is 0 Å². The predicted molar refractivity (Wildman–Crippen MR) is 217 cm³/mol. The zero-order chi connectivity index (χ0) is 34.2. The molecule has 0 aliphatic heterocycles. The van der Waals surface area contributed by atoms with Crippen molar-refractivity contribution in [3.05, 3.63) is 182 Å². The molecule has 0 N–H and O–H groups in total. The Balaban J connectivity index is 1.12. The molecule has 0 atom stereocenters. The van der Waals surface area contributed by atoms with Crippen LogP contribution in [0.1, 0.15) is 0 Å². The molecule has 0 spiro atoms. The number of benzene rings is 8. The van der Waals surface area contributed by atoms with Crippen LogP contribution in [0.4, 0.5) is 0 Å². The van der Waals surface area contributed by atoms with Gasteiger partial charge in [0.1, 0.15) is 0 Å². The summed E-state index contributed by atoms with van der Waals surface area (Å²) in [5, 5.41) is 8.32. The fourth-order valence-corrected chi connectivity index (χ4v) is 8.14. The van der Waals surface area contributed by atoms with Crippen LogP contribution in [-0.2, 0) is 0 Å². The predicted octanol–water partition coefficient (Wildman–Crippen LogP) is 12.3. The highest BCUT2D eigenvalue weighted by Gasteiger charge is 2.18. The molecule has 0 aliphatic carbocycles. The molecule has 0 aliphatic rings. The van der Waals surface area contributed by atoms with Gasteiger partial charge >= 0.3 is 0 Å². The van der Waals surface area contributed by atoms with Gasteiger partial charge in [0.2, 0.25) is 5.95 Å². The van der Waals surface area contributed by atoms with Gasteiger partial charge in [0.15, 0.2) is 0 Å². The third-order valence-corrected chi connectivity index (χ3v) is 10.5. The van der Waals surface area contributed by atoms with E-state index in [-0.39, 0.29) is 0 Å². The SMILES string of the molecule is c1ccc(-c2cccc(-n3c4ccccc4c4ccc(-c5ccc6ccc7c(c6c5)c5ccccc5n7-c5ncc6ccccc6n5)cc43)c2)cc1. The lowest BCUT2D eigenvalue weighted by atomic mass is 9.97. The van der Waals surface area contributed by atoms with E-state index in [4.69, 9.17) is 9.97 Å². The van der Waals surface area contributed by atoms with Gasteiger partial charge in [-0.15, -0.1) is 0 Å². The molecule has 3 aromatic heterocycles. The normalized spacial score (nSPS) is 11.8. The van der Waals surface area contributed by atoms with Crippen molar-refractivity contribution in [2.75, 3.05) is 0 Å². The minimum atomic E-state index is 0.676. The molecule has 11 rings (SSSR count). The number of hydrogen-bond acceptors (Lipinski definition) is 2. The highest BCUT2D eigenvalue weighted by molar-refractivity contribution is 6.22. The molecule has 0 amide bonds. The summed E-state index contributed by atoms with van der Waals surface area (Å²) in [7, 11) is 0. The zero-order valence-corrected chi connectivity index (χ0v) is 28.1. The van der Waals surface area contributed by atoms with Gasteiger partial charge < -0.3 is 4.57 Å². The summed E-state index contributed by atoms with van der Waals surface area (Å²) in [6, 6.07) is 63.2. The largest absolute Gasteiger partial charge is 0.309 e. The Kier molecular flexibility index (Phi) is 6.22. The van der Waals surface area contributed by atoms with E-state index >= 15 is 0 Å². The monoisotopic (exact) mass is 662 g/mol. The Morgan fingerprint density at radius 1 is 0.365 bits per heavy atom. The van der Waals surface area contributed by atoms with E-state index in [1.165, 1.54) is 65.6 Å². The molecule has 0 bridgehead atoms. The topological polar surface area (TPSA) is 35.6 Å². The second-order valence-electron chi connectivity index (χ2n) is 13.5. The summed E-state index contributed by atoms with van der Waals surface area (Å²) in [4.78, 5) is 9.86. The molecule has 4 heteroatoms. The quantitative estimate of drug-likeness (QED) is 0.188. The van der Waals surface area contributed by atoms with E-state index in [0.29, 0.717) is 5.95 Å². The Labute approximate surface area is 299 Å². The molecule has 0 unspecified atom stereocenters. The Bertz CT molecular complexity index is 3190. The molecular weight excluding hydrogens is 633 g/mol. The van der Waals surface area contributed by atoms with Gasteiger partial charge in [-0.3, -0.25) is 4.57 Å². The lowest BCUT2D eigenvalue weighted by Gasteiger charge is -2.12. The van der Waals surface area contributed by atoms with Gasteiger partial charge in [0.25, 0.3) is 0 Å². The van der Waals surface area contributed by atoms with Crippen molar-refractivity contribution >= 4 is 65.3 Å². The van der Waals surface area contributed by atoms with Gasteiger partial charge in [-0.25, -0.2) is 9.97 Å². The maximum Gasteiger partial charge on any atom is 0.235 e. The maximum atomic E-state index is 5.02. The van der Waals surface area contributed by atoms with Gasteiger partial charge in [0.05, 0.1) is 27.6 Å². The van der Waals surface area contributed by atoms with Crippen molar-refractivity contribution in [3.8, 4) is 33.9 Å². The van der Waals surface area contributed by atoms with Crippen LogP contribution in [0.25, 0.3) is 99.2 Å². The highest BCUT2D eigenvalue weighted by atomic mass is 15.2. The smallest absolute Gasteiger partial charge is 0.235 e. The molecule has 52 heavy (non-hydrogen) atoms. The van der Waals surface area contributed by atoms with Crippen LogP contribution in [0, 0.1) is 0 Å². The first-order valence-corrected chi connectivity index (χ1v) is 17.7. The molecule has 3 heterocycles. The Morgan fingerprint density at radius 2 is 1.04 bits per heavy atom. The highest BCUT2D eigenvalue weighted by Crippen LogP contribution is 2.40. The lowest BCUT2D eigenvalue weighted by Crippen LogP contribution is -2.00. The van der Waals surface area contributed by atoms with E-state index in [9.17, 15) is 0 Å². The lowest BCUT2D eigenvalue weighted by molar-refractivity contribution is 1.01. The molecule has 0 saturated heterocycles. The van der Waals surface area contributed by atoms with Gasteiger partial charge in [0, 0.05) is 38.8 Å². The fourth-order valence-electron chi connectivity index (χ4n) is 8.14. The van der Waals surface area contributed by atoms with Crippen molar-refractivity contribution in [1.82, 2.24) is 19.1 Å². The third kappa shape index (κ3) is 4.34. The van der Waals surface area contributed by atoms with Crippen LogP contribution in [0.5, 0.6) is 0 Å². The second-order valence-corrected chi connectivity index (χ2v) is 13.5. The molecule has 4 nitrogen and oxygen atoms in total. The molecule has 242 valence electrons. The van der Waals surface area contributed by atoms with Gasteiger partial charge in [-0.2, -0.15) is 0 Å². The summed E-state index contributed by atoms with van der Waals surface area (Å²) >= 11 is 0. The van der Waals surface area contributed by atoms with Crippen LogP contribution in [0.3, 0.4) is 0 Å². The fraction of sp³-hybridized carbons (Fsp3) is 0. The van der Waals surface area contributed by atoms with Crippen LogP contribution in [0.2, 0.25) is 0 Å². The number of nitrogens with zero attached hydrogens (tertiary/aromatic N) is 4. The van der Waals surface area contributed by atoms with Crippen LogP contribution in [0.15, 0.2) is 182 Å². The molecule has 8 aromatic carbocycles. The molecule has 0 fully saturated rings. The van der Waals surface area contributed by atoms with Crippen LogP contribution >= 0.6 is 0 Å². The van der Waals surface area contributed by atoms with Crippen molar-refractivity contribution < 1.29 is 0 Å². The van der Waals surface area contributed by atoms with E-state index in [1.54, 1.807) is 0 Å². The molecular formula is C48H30N4. The Hall–Kier alpha value is -7.04. The number of para-hydroxylation sites is 3. The number of rotatable bonds is 4. The van der Waals surface area contributed by atoms with Crippen LogP contribution in [-0.4, -0.2) is 19.1 Å². The van der Waals surface area contributed by atoms with E-state index in [1.807, 2.05) is 24.4 Å². The first kappa shape index (κ1) is 28.8.